The second kappa shape index (κ2) is 17.8. The highest BCUT2D eigenvalue weighted by molar-refractivity contribution is 7.95. The van der Waals surface area contributed by atoms with Crippen molar-refractivity contribution in [2.75, 3.05) is 20.5 Å². The zero-order valence-corrected chi connectivity index (χ0v) is 32.6. The van der Waals surface area contributed by atoms with Gasteiger partial charge in [0.05, 0.1) is 57.0 Å². The van der Waals surface area contributed by atoms with E-state index >= 15 is 0 Å². The van der Waals surface area contributed by atoms with Gasteiger partial charge in [-0.05, 0) is 109 Å². The van der Waals surface area contributed by atoms with Crippen LogP contribution in [-0.4, -0.2) is 68.5 Å². The minimum atomic E-state index is -4.97. The second-order valence-corrected chi connectivity index (χ2v) is 18.2. The van der Waals surface area contributed by atoms with Crippen LogP contribution in [0, 0.1) is 0 Å². The van der Waals surface area contributed by atoms with Crippen molar-refractivity contribution in [1.29, 1.82) is 0 Å². The molecule has 0 spiro atoms. The molecule has 0 radical (unpaired) electrons. The summed E-state index contributed by atoms with van der Waals surface area (Å²) in [5.74, 6) is 1.01. The average molecular weight is 859 g/mol. The molecule has 0 aliphatic heterocycles. The maximum atomic E-state index is 13.7. The highest BCUT2D eigenvalue weighted by Gasteiger charge is 2.26. The Labute approximate surface area is 320 Å². The van der Waals surface area contributed by atoms with Gasteiger partial charge in [-0.15, -0.1) is 4.33 Å². The molecule has 22 heteroatoms. The predicted octanol–water partition coefficient (Wildman–Crippen LogP) is 6.13. The topological polar surface area (TPSA) is 253 Å². The third kappa shape index (κ3) is 11.6. The van der Waals surface area contributed by atoms with Gasteiger partial charge in [0, 0.05) is 0 Å². The van der Waals surface area contributed by atoms with Crippen LogP contribution in [0.1, 0.15) is 0 Å². The van der Waals surface area contributed by atoms with Crippen LogP contribution < -0.4 is 18.9 Å². The first kappa shape index (κ1) is 43.0. The van der Waals surface area contributed by atoms with E-state index in [0.717, 1.165) is 30.3 Å². The number of rotatable bonds is 14. The van der Waals surface area contributed by atoms with Crippen LogP contribution in [0.15, 0.2) is 139 Å². The summed E-state index contributed by atoms with van der Waals surface area (Å²) in [6.07, 6.45) is 0.715. The lowest BCUT2D eigenvalue weighted by Gasteiger charge is -2.14. The van der Waals surface area contributed by atoms with Crippen LogP contribution in [0.2, 0.25) is 0 Å². The zero-order valence-electron chi connectivity index (χ0n) is 28.5. The molecule has 0 aliphatic carbocycles. The fraction of sp³-hybridized carbons (Fsp3) is 0.0909. The molecule has 0 unspecified atom stereocenters. The summed E-state index contributed by atoms with van der Waals surface area (Å²) in [5.41, 5.74) is 0. The maximum absolute atomic E-state index is 13.7. The molecule has 5 aromatic rings. The first-order valence-electron chi connectivity index (χ1n) is 14.8. The Hall–Kier alpha value is -4.75. The van der Waals surface area contributed by atoms with E-state index < -0.39 is 49.7 Å². The number of benzene rings is 5. The lowest BCUT2D eigenvalue weighted by molar-refractivity contribution is -0.432. The summed E-state index contributed by atoms with van der Waals surface area (Å²) in [4.78, 5) is -1.67. The summed E-state index contributed by atoms with van der Waals surface area (Å²) < 4.78 is 140. The van der Waals surface area contributed by atoms with Gasteiger partial charge in [-0.2, -0.15) is 16.8 Å². The molecule has 0 atom stereocenters. The molecule has 0 heterocycles. The Bertz CT molecular complexity index is 2550. The van der Waals surface area contributed by atoms with Crippen LogP contribution >= 0.6 is 12.0 Å². The minimum Gasteiger partial charge on any atom is -0.497 e. The molecule has 0 amide bonds. The van der Waals surface area contributed by atoms with Crippen molar-refractivity contribution in [3.63, 3.8) is 0 Å². The van der Waals surface area contributed by atoms with Crippen molar-refractivity contribution < 1.29 is 76.4 Å². The van der Waals surface area contributed by atoms with Crippen LogP contribution in [0.5, 0.6) is 34.5 Å². The van der Waals surface area contributed by atoms with Gasteiger partial charge < -0.3 is 18.9 Å². The monoisotopic (exact) mass is 858 g/mol. The lowest BCUT2D eigenvalue weighted by Crippen LogP contribution is -2.07. The van der Waals surface area contributed by atoms with Crippen LogP contribution in [0.25, 0.3) is 0 Å². The van der Waals surface area contributed by atoms with Crippen molar-refractivity contribution >= 4 is 52.0 Å². The standard InChI is InChI=1S/C32H26O14S4.CH4O3S/c1-41-21-3-5-23(6-4-21)44-30-18-16-28(20-32(30)50(38,39)40)49(36,37)27-15-17-29(31(19-27)47-46-45-33)43-24-9-13-26(14-10-24)48(34,35)25-11-7-22(42-2)8-12-25;1-5(2,3)4/h3-20,33H,1-2H3,(H,38,39,40);1H3,(H,2,3,4). The van der Waals surface area contributed by atoms with E-state index in [-0.39, 0.29) is 42.6 Å². The lowest BCUT2D eigenvalue weighted by atomic mass is 10.3. The van der Waals surface area contributed by atoms with Gasteiger partial charge in [0.2, 0.25) is 19.7 Å². The van der Waals surface area contributed by atoms with Gasteiger partial charge in [-0.25, -0.2) is 22.1 Å². The summed E-state index contributed by atoms with van der Waals surface area (Å²) in [6.45, 7) is 0. The summed E-state index contributed by atoms with van der Waals surface area (Å²) in [6, 6.07) is 23.8. The molecule has 5 rings (SSSR count). The van der Waals surface area contributed by atoms with Gasteiger partial charge in [-0.1, -0.05) is 5.04 Å². The molecule has 0 bridgehead atoms. The number of hydrogen-bond donors (Lipinski definition) is 3. The molecule has 55 heavy (non-hydrogen) atoms. The highest BCUT2D eigenvalue weighted by Crippen LogP contribution is 2.39. The van der Waals surface area contributed by atoms with E-state index in [9.17, 15) is 38.2 Å². The molecule has 0 saturated carbocycles. The van der Waals surface area contributed by atoms with Crippen molar-refractivity contribution in [2.45, 2.75) is 29.4 Å². The summed E-state index contributed by atoms with van der Waals surface area (Å²) in [5, 5.41) is 12.4. The van der Waals surface area contributed by atoms with Crippen LogP contribution in [-0.2, 0) is 49.3 Å². The number of sulfone groups is 2. The largest absolute Gasteiger partial charge is 0.497 e. The minimum absolute atomic E-state index is 0.0126. The SMILES string of the molecule is COc1ccc(Oc2ccc(S(=O)(=O)c3ccc(Oc4ccc(S(=O)(=O)c5ccc(OC)cc5)cc4)c(SOOO)c3)cc2S(=O)(=O)O)cc1.CS(=O)(=O)O. The third-order valence-electron chi connectivity index (χ3n) is 6.90. The third-order valence-corrected chi connectivity index (χ3v) is 11.9. The fourth-order valence-corrected chi connectivity index (χ4v) is 8.24. The molecule has 0 aliphatic rings. The van der Waals surface area contributed by atoms with Crippen molar-refractivity contribution in [3.8, 4) is 34.5 Å². The highest BCUT2D eigenvalue weighted by atomic mass is 32.2. The van der Waals surface area contributed by atoms with E-state index in [1.807, 2.05) is 0 Å². The molecular weight excluding hydrogens is 829 g/mol. The van der Waals surface area contributed by atoms with Gasteiger partial charge >= 0.3 is 0 Å². The second-order valence-electron chi connectivity index (χ2n) is 10.7. The molecule has 0 aromatic heterocycles. The number of methoxy groups -OCH3 is 2. The maximum Gasteiger partial charge on any atom is 0.298 e. The zero-order chi connectivity index (χ0) is 40.6. The molecule has 3 N–H and O–H groups in total. The average Bonchev–Trinajstić information content (AvgIpc) is 3.14. The van der Waals surface area contributed by atoms with Crippen molar-refractivity contribution in [3.05, 3.63) is 109 Å². The number of hydrogen-bond acceptors (Lipinski definition) is 16. The van der Waals surface area contributed by atoms with Gasteiger partial charge in [-0.3, -0.25) is 9.11 Å². The van der Waals surface area contributed by atoms with E-state index in [1.54, 1.807) is 12.1 Å². The van der Waals surface area contributed by atoms with Crippen molar-refractivity contribution in [1.82, 2.24) is 0 Å². The molecule has 5 aromatic carbocycles. The van der Waals surface area contributed by atoms with Gasteiger partial charge in [0.15, 0.2) is 0 Å². The van der Waals surface area contributed by atoms with Crippen LogP contribution in [0.4, 0.5) is 0 Å². The quantitative estimate of drug-likeness (QED) is 0.0491. The molecular formula is C33H30O17S5. The smallest absolute Gasteiger partial charge is 0.298 e. The first-order valence-corrected chi connectivity index (χ1v) is 21.8. The first-order chi connectivity index (χ1) is 25.8. The summed E-state index contributed by atoms with van der Waals surface area (Å²) in [7, 11) is -14.0. The van der Waals surface area contributed by atoms with E-state index in [0.29, 0.717) is 29.8 Å². The molecule has 294 valence electrons. The van der Waals surface area contributed by atoms with Gasteiger partial charge in [0.25, 0.3) is 20.2 Å². The van der Waals surface area contributed by atoms with E-state index in [2.05, 4.69) is 9.37 Å². The Kier molecular flexibility index (Phi) is 13.9. The molecule has 0 saturated heterocycles. The van der Waals surface area contributed by atoms with Crippen LogP contribution in [0.3, 0.4) is 0 Å². The van der Waals surface area contributed by atoms with E-state index in [1.165, 1.54) is 80.9 Å². The van der Waals surface area contributed by atoms with E-state index in [4.69, 9.17) is 28.8 Å². The molecule has 0 fully saturated rings. The fourth-order valence-electron chi connectivity index (χ4n) is 4.41. The number of ether oxygens (including phenoxy) is 4. The Morgan fingerprint density at radius 3 is 1.33 bits per heavy atom. The van der Waals surface area contributed by atoms with Crippen molar-refractivity contribution in [2.24, 2.45) is 0 Å². The van der Waals surface area contributed by atoms with Gasteiger partial charge in [0.1, 0.15) is 39.4 Å². The Morgan fingerprint density at radius 2 is 0.873 bits per heavy atom. The Balaban J connectivity index is 0.00000126. The Morgan fingerprint density at radius 1 is 0.509 bits per heavy atom. The normalized spacial score (nSPS) is 11.9. The summed E-state index contributed by atoms with van der Waals surface area (Å²) >= 11 is 0.380. The predicted molar refractivity (Wildman–Crippen MR) is 194 cm³/mol. The molecule has 17 nitrogen and oxygen atoms in total.